The minimum absolute atomic E-state index is 0.0260. The van der Waals surface area contributed by atoms with E-state index in [1.165, 1.54) is 172 Å². The molecular weight excluding hydrogens is 1210 g/mol. The Morgan fingerprint density at radius 1 is 0.360 bits per heavy atom. The summed E-state index contributed by atoms with van der Waals surface area (Å²) >= 11 is 0. The smallest absolute Gasteiger partial charge is 0.297 e. The highest BCUT2D eigenvalue weighted by molar-refractivity contribution is 7.00. The monoisotopic (exact) mass is 1290 g/mol. The van der Waals surface area contributed by atoms with Crippen LogP contribution in [0.1, 0.15) is 147 Å². The summed E-state index contributed by atoms with van der Waals surface area (Å²) in [6.07, 6.45) is 11.3. The molecule has 0 saturated heterocycles. The molecule has 3 aromatic heterocycles. The normalized spacial score (nSPS) is 22.5. The van der Waals surface area contributed by atoms with Crippen molar-refractivity contribution in [2.24, 2.45) is 23.7 Å². The fourth-order valence-electron chi connectivity index (χ4n) is 22.6. The second-order valence-corrected chi connectivity index (χ2v) is 34.5. The van der Waals surface area contributed by atoms with E-state index < -0.39 is 0 Å². The van der Waals surface area contributed by atoms with Crippen LogP contribution in [0.3, 0.4) is 0 Å². The summed E-state index contributed by atoms with van der Waals surface area (Å²) in [5.41, 5.74) is 32.9. The molecular formula is C94H83BN4O. The third kappa shape index (κ3) is 7.60. The summed E-state index contributed by atoms with van der Waals surface area (Å²) in [6, 6.07) is 88.3. The van der Waals surface area contributed by atoms with Gasteiger partial charge in [-0.05, 0) is 243 Å². The maximum atomic E-state index is 8.01. The van der Waals surface area contributed by atoms with Gasteiger partial charge in [0.25, 0.3) is 6.71 Å². The van der Waals surface area contributed by atoms with Gasteiger partial charge in [-0.1, -0.05) is 201 Å². The zero-order chi connectivity index (χ0) is 66.8. The van der Waals surface area contributed by atoms with Gasteiger partial charge in [-0.3, -0.25) is 0 Å². The van der Waals surface area contributed by atoms with Gasteiger partial charge in [0.05, 0.1) is 44.8 Å². The predicted octanol–water partition coefficient (Wildman–Crippen LogP) is 22.8. The number of benzene rings is 11. The van der Waals surface area contributed by atoms with Crippen molar-refractivity contribution in [2.45, 2.75) is 140 Å². The van der Waals surface area contributed by atoms with Crippen molar-refractivity contribution in [3.05, 3.63) is 258 Å². The van der Waals surface area contributed by atoms with Crippen molar-refractivity contribution in [2.75, 3.05) is 9.80 Å². The zero-order valence-corrected chi connectivity index (χ0v) is 58.8. The molecule has 6 heteroatoms. The first-order valence-electron chi connectivity index (χ1n) is 37.5. The zero-order valence-electron chi connectivity index (χ0n) is 58.8. The van der Waals surface area contributed by atoms with E-state index in [1.807, 2.05) is 0 Å². The van der Waals surface area contributed by atoms with E-state index in [1.54, 1.807) is 11.1 Å². The third-order valence-corrected chi connectivity index (χ3v) is 27.4. The van der Waals surface area contributed by atoms with E-state index in [0.29, 0.717) is 11.8 Å². The molecule has 9 aliphatic rings. The summed E-state index contributed by atoms with van der Waals surface area (Å²) in [5.74, 6) is 2.91. The van der Waals surface area contributed by atoms with Crippen molar-refractivity contribution in [1.29, 1.82) is 0 Å². The lowest BCUT2D eigenvalue weighted by Gasteiger charge is -2.61. The van der Waals surface area contributed by atoms with Gasteiger partial charge < -0.3 is 23.4 Å². The molecule has 0 unspecified atom stereocenters. The minimum Gasteiger partial charge on any atom is -0.468 e. The number of anilines is 6. The predicted molar refractivity (Wildman–Crippen MR) is 418 cm³/mol. The summed E-state index contributed by atoms with van der Waals surface area (Å²) < 4.78 is 13.1. The first-order chi connectivity index (χ1) is 48.5. The molecule has 5 nitrogen and oxygen atoms in total. The quantitative estimate of drug-likeness (QED) is 0.161. The van der Waals surface area contributed by atoms with Crippen LogP contribution < -0.4 is 26.4 Å². The van der Waals surface area contributed by atoms with Crippen molar-refractivity contribution in [1.82, 2.24) is 9.13 Å². The number of furan rings is 1. The van der Waals surface area contributed by atoms with Crippen molar-refractivity contribution >= 4 is 112 Å². The second kappa shape index (κ2) is 19.8. The molecule has 11 aromatic carbocycles. The summed E-state index contributed by atoms with van der Waals surface area (Å²) in [5, 5.41) is 6.18. The third-order valence-electron chi connectivity index (χ3n) is 27.4. The Labute approximate surface area is 587 Å². The Balaban J connectivity index is 0.869. The lowest BCUT2D eigenvalue weighted by atomic mass is 9.35. The lowest BCUT2D eigenvalue weighted by Crippen LogP contribution is -2.61. The molecule has 4 saturated carbocycles. The fraction of sp³-hybridized carbons (Fsp3) is 0.277. The highest BCUT2D eigenvalue weighted by Crippen LogP contribution is 2.71. The van der Waals surface area contributed by atoms with E-state index in [0.717, 1.165) is 58.7 Å². The molecule has 5 heterocycles. The van der Waals surface area contributed by atoms with Crippen molar-refractivity contribution in [3.63, 3.8) is 0 Å². The number of fused-ring (bicyclic) bond motifs is 17. The van der Waals surface area contributed by atoms with Gasteiger partial charge in [-0.2, -0.15) is 0 Å². The minimum atomic E-state index is -0.283. The average Bonchev–Trinajstić information content (AvgIpc) is 1.39. The van der Waals surface area contributed by atoms with Gasteiger partial charge in [0.15, 0.2) is 0 Å². The molecule has 100 heavy (non-hydrogen) atoms. The molecule has 0 amide bonds. The molecule has 0 atom stereocenters. The standard InChI is InChI=1S/C94H83BN4O/c1-90(2)40-41-91(3,4)73-49-58(34-38-71(73)90)57-32-35-61(36-33-57)98-83-51-63(97-79-29-17-12-22-66(79)67-23-13-18-30-80(67)97)52-84-87(83)95(89-88(98)69-53-74-75(54-85(69)100-89)93(7,8)43-42-92(74,5)6)76-39-37-62(96-77-27-15-10-20-64(77)65-21-11-16-28-78(65)96)50-82(76)99(84)81-31-19-26-72-86(81)68-24-9-14-25-70(68)94(72)59-45-55-44-56(47-59)48-60(94)46-55/h9-39,49-56,59-60H,40-48H2,1-8H3. The van der Waals surface area contributed by atoms with Crippen LogP contribution in [-0.2, 0) is 27.1 Å². The van der Waals surface area contributed by atoms with E-state index in [9.17, 15) is 0 Å². The summed E-state index contributed by atoms with van der Waals surface area (Å²) in [6.45, 7) is 19.3. The molecule has 23 rings (SSSR count). The van der Waals surface area contributed by atoms with Gasteiger partial charge in [0.1, 0.15) is 5.58 Å². The van der Waals surface area contributed by atoms with Crippen molar-refractivity contribution < 1.29 is 4.42 Å². The molecule has 0 N–H and O–H groups in total. The van der Waals surface area contributed by atoms with Crippen molar-refractivity contribution in [3.8, 4) is 33.6 Å². The number of para-hydroxylation sites is 4. The van der Waals surface area contributed by atoms with Crippen LogP contribution in [0.2, 0.25) is 0 Å². The molecule has 4 fully saturated rings. The maximum Gasteiger partial charge on any atom is 0.297 e. The van der Waals surface area contributed by atoms with Crippen LogP contribution in [0, 0.1) is 23.7 Å². The number of nitrogens with zero attached hydrogens (tertiary/aromatic N) is 4. The van der Waals surface area contributed by atoms with Crippen LogP contribution in [0.25, 0.3) is 88.2 Å². The SMILES string of the molecule is CC1(C)CCC(C)(C)c2cc(-c3ccc(N4c5cc(-n6c7ccccc7c7ccccc76)cc6c5B(c5ccc(-n7c8ccccc8c8ccccc87)cc5N6c5cccc6c5-c5ccccc5C65C6CC7CC(C6)CC5C7)c5oc6cc7c(cc6c54)C(C)(C)CCC7(C)C)cc3)ccc21. The van der Waals surface area contributed by atoms with Crippen LogP contribution >= 0.6 is 0 Å². The largest absolute Gasteiger partial charge is 0.468 e. The molecule has 0 radical (unpaired) electrons. The van der Waals surface area contributed by atoms with Gasteiger partial charge in [-0.25, -0.2) is 0 Å². The van der Waals surface area contributed by atoms with E-state index in [-0.39, 0.29) is 33.8 Å². The molecule has 14 aromatic rings. The highest BCUT2D eigenvalue weighted by Gasteiger charge is 2.62. The van der Waals surface area contributed by atoms with E-state index in [2.05, 4.69) is 299 Å². The average molecular weight is 1300 g/mol. The molecule has 2 aliphatic heterocycles. The number of hydrogen-bond acceptors (Lipinski definition) is 3. The van der Waals surface area contributed by atoms with Crippen LogP contribution in [0.4, 0.5) is 34.1 Å². The first-order valence-corrected chi connectivity index (χ1v) is 37.5. The fourth-order valence-corrected chi connectivity index (χ4v) is 22.6. The highest BCUT2D eigenvalue weighted by atomic mass is 16.3. The Hall–Kier alpha value is -9.78. The summed E-state index contributed by atoms with van der Waals surface area (Å²) in [7, 11) is 0. The van der Waals surface area contributed by atoms with Gasteiger partial charge >= 0.3 is 0 Å². The number of aromatic nitrogens is 2. The Kier molecular flexibility index (Phi) is 11.5. The Morgan fingerprint density at radius 2 is 0.850 bits per heavy atom. The van der Waals surface area contributed by atoms with Gasteiger partial charge in [-0.15, -0.1) is 0 Å². The van der Waals surface area contributed by atoms with Crippen LogP contribution in [0.5, 0.6) is 0 Å². The maximum absolute atomic E-state index is 8.01. The molecule has 488 valence electrons. The summed E-state index contributed by atoms with van der Waals surface area (Å²) in [4.78, 5) is 5.44. The number of rotatable bonds is 5. The molecule has 4 bridgehead atoms. The lowest BCUT2D eigenvalue weighted by molar-refractivity contribution is -0.0399. The van der Waals surface area contributed by atoms with Gasteiger partial charge in [0.2, 0.25) is 0 Å². The van der Waals surface area contributed by atoms with E-state index in [4.69, 9.17) is 4.42 Å². The van der Waals surface area contributed by atoms with Crippen LogP contribution in [-0.4, -0.2) is 15.8 Å². The Morgan fingerprint density at radius 3 is 1.46 bits per heavy atom. The first kappa shape index (κ1) is 58.1. The Bertz CT molecular complexity index is 5790. The topological polar surface area (TPSA) is 29.5 Å². The van der Waals surface area contributed by atoms with Crippen LogP contribution in [0.15, 0.2) is 229 Å². The van der Waals surface area contributed by atoms with Gasteiger partial charge in [0, 0.05) is 66.3 Å². The second-order valence-electron chi connectivity index (χ2n) is 34.5. The molecule has 1 spiro atoms. The van der Waals surface area contributed by atoms with E-state index >= 15 is 0 Å². The molecule has 7 aliphatic carbocycles. The number of hydrogen-bond donors (Lipinski definition) is 0.